The Morgan fingerprint density at radius 3 is 1.62 bits per heavy atom. The van der Waals surface area contributed by atoms with Crippen molar-refractivity contribution in [2.75, 3.05) is 13.1 Å². The van der Waals surface area contributed by atoms with Gasteiger partial charge in [0.25, 0.3) is 0 Å². The Morgan fingerprint density at radius 2 is 1.25 bits per heavy atom. The number of carbonyl (C=O) groups excluding carboxylic acids is 4. The van der Waals surface area contributed by atoms with E-state index in [2.05, 4.69) is 0 Å². The molecular weight excluding hydrogens is 308 g/mol. The number of likely N-dealkylation sites (tertiary alicyclic amines) is 2. The monoisotopic (exact) mass is 330 g/mol. The summed E-state index contributed by atoms with van der Waals surface area (Å²) < 4.78 is 0. The molecular formula is C18H22N2O4. The van der Waals surface area contributed by atoms with Crippen LogP contribution in [0.1, 0.15) is 27.7 Å². The topological polar surface area (TPSA) is 74.8 Å². The Kier molecular flexibility index (Phi) is 2.95. The third-order valence-electron chi connectivity index (χ3n) is 6.70. The summed E-state index contributed by atoms with van der Waals surface area (Å²) in [6.07, 6.45) is 1.99. The minimum absolute atomic E-state index is 0.176. The lowest BCUT2D eigenvalue weighted by Gasteiger charge is -2.53. The lowest BCUT2D eigenvalue weighted by molar-refractivity contribution is -0.146. The first kappa shape index (κ1) is 15.5. The Hall–Kier alpha value is -1.98. The van der Waals surface area contributed by atoms with Crippen molar-refractivity contribution < 1.29 is 19.2 Å². The molecule has 4 amide bonds. The minimum Gasteiger partial charge on any atom is -0.282 e. The molecule has 0 aromatic heterocycles. The van der Waals surface area contributed by atoms with Gasteiger partial charge in [0.1, 0.15) is 0 Å². The smallest absolute Gasteiger partial charge is 0.233 e. The number of amides is 4. The van der Waals surface area contributed by atoms with Crippen molar-refractivity contribution in [1.82, 2.24) is 9.80 Å². The van der Waals surface area contributed by atoms with E-state index in [1.807, 2.05) is 19.9 Å². The van der Waals surface area contributed by atoms with Crippen molar-refractivity contribution in [3.8, 4) is 0 Å². The first-order valence-corrected chi connectivity index (χ1v) is 8.69. The zero-order valence-electron chi connectivity index (χ0n) is 14.4. The van der Waals surface area contributed by atoms with Crippen LogP contribution in [0.25, 0.3) is 0 Å². The molecule has 3 aliphatic carbocycles. The van der Waals surface area contributed by atoms with Gasteiger partial charge in [-0.1, -0.05) is 18.6 Å². The van der Waals surface area contributed by atoms with E-state index >= 15 is 0 Å². The molecule has 5 rings (SSSR count). The molecule has 6 nitrogen and oxygen atoms in total. The fraction of sp³-hybridized carbons (Fsp3) is 0.667. The number of hydrogen-bond donors (Lipinski definition) is 0. The normalized spacial score (nSPS) is 43.5. The molecule has 3 fully saturated rings. The molecule has 2 heterocycles. The SMILES string of the molecule is CCN1C(=O)C2C3C(C)=CC(C)(C2C1=O)C1C(=O)N(CC)C(=O)C31. The second-order valence-electron chi connectivity index (χ2n) is 7.63. The van der Waals surface area contributed by atoms with Gasteiger partial charge in [-0.15, -0.1) is 0 Å². The third kappa shape index (κ3) is 1.44. The highest BCUT2D eigenvalue weighted by Crippen LogP contribution is 2.65. The van der Waals surface area contributed by atoms with Crippen molar-refractivity contribution in [2.45, 2.75) is 27.7 Å². The fourth-order valence-electron chi connectivity index (χ4n) is 5.91. The van der Waals surface area contributed by atoms with Crippen LogP contribution in [0.5, 0.6) is 0 Å². The third-order valence-corrected chi connectivity index (χ3v) is 6.70. The Bertz CT molecular complexity index is 677. The lowest BCUT2D eigenvalue weighted by atomic mass is 9.46. The van der Waals surface area contributed by atoms with E-state index in [9.17, 15) is 19.2 Å². The molecule has 1 saturated carbocycles. The number of allylic oxidation sites excluding steroid dienone is 2. The molecule has 0 radical (unpaired) electrons. The van der Waals surface area contributed by atoms with Gasteiger partial charge < -0.3 is 0 Å². The zero-order chi connectivity index (χ0) is 17.5. The van der Waals surface area contributed by atoms with E-state index in [1.165, 1.54) is 9.80 Å². The summed E-state index contributed by atoms with van der Waals surface area (Å²) in [6, 6.07) is 0. The van der Waals surface area contributed by atoms with Crippen LogP contribution in [0.15, 0.2) is 11.6 Å². The van der Waals surface area contributed by atoms with Crippen LogP contribution in [0.2, 0.25) is 0 Å². The molecule has 2 aliphatic heterocycles. The number of hydrogen-bond acceptors (Lipinski definition) is 4. The van der Waals surface area contributed by atoms with Gasteiger partial charge in [-0.2, -0.15) is 0 Å². The van der Waals surface area contributed by atoms with E-state index in [0.717, 1.165) is 5.57 Å². The molecule has 2 bridgehead atoms. The standard InChI is InChI=1S/C18H22N2O4/c1-5-19-14(21)10-9-8(3)7-18(4,12(10)16(19)23)13-11(9)15(22)20(6-2)17(13)24/h7,9-13H,5-6H2,1-4H3. The van der Waals surface area contributed by atoms with Crippen molar-refractivity contribution in [3.05, 3.63) is 11.6 Å². The quantitative estimate of drug-likeness (QED) is 0.555. The van der Waals surface area contributed by atoms with Gasteiger partial charge in [0.2, 0.25) is 23.6 Å². The molecule has 5 aliphatic rings. The van der Waals surface area contributed by atoms with Crippen molar-refractivity contribution in [1.29, 1.82) is 0 Å². The highest BCUT2D eigenvalue weighted by atomic mass is 16.2. The van der Waals surface area contributed by atoms with Crippen LogP contribution in [0.3, 0.4) is 0 Å². The van der Waals surface area contributed by atoms with Crippen molar-refractivity contribution >= 4 is 23.6 Å². The predicted octanol–water partition coefficient (Wildman–Crippen LogP) is 0.825. The second-order valence-corrected chi connectivity index (χ2v) is 7.63. The van der Waals surface area contributed by atoms with Crippen molar-refractivity contribution in [3.63, 3.8) is 0 Å². The van der Waals surface area contributed by atoms with Crippen LogP contribution < -0.4 is 0 Å². The highest BCUT2D eigenvalue weighted by molar-refractivity contribution is 6.11. The van der Waals surface area contributed by atoms with Gasteiger partial charge in [-0.25, -0.2) is 0 Å². The minimum atomic E-state index is -0.762. The summed E-state index contributed by atoms with van der Waals surface area (Å²) in [5.41, 5.74) is 0.208. The maximum atomic E-state index is 12.9. The maximum Gasteiger partial charge on any atom is 0.233 e. The van der Waals surface area contributed by atoms with E-state index in [0.29, 0.717) is 13.1 Å². The van der Waals surface area contributed by atoms with Crippen LogP contribution in [-0.2, 0) is 19.2 Å². The van der Waals surface area contributed by atoms with Gasteiger partial charge in [0.15, 0.2) is 0 Å². The van der Waals surface area contributed by atoms with E-state index in [-0.39, 0.29) is 29.5 Å². The van der Waals surface area contributed by atoms with E-state index < -0.39 is 29.1 Å². The zero-order valence-corrected chi connectivity index (χ0v) is 14.4. The molecule has 128 valence electrons. The summed E-state index contributed by atoms with van der Waals surface area (Å²) in [6.45, 7) is 8.06. The largest absolute Gasteiger partial charge is 0.282 e. The predicted molar refractivity (Wildman–Crippen MR) is 84.1 cm³/mol. The van der Waals surface area contributed by atoms with Gasteiger partial charge >= 0.3 is 0 Å². The van der Waals surface area contributed by atoms with Gasteiger partial charge in [0.05, 0.1) is 23.7 Å². The van der Waals surface area contributed by atoms with Gasteiger partial charge in [-0.05, 0) is 20.8 Å². The number of nitrogens with zero attached hydrogens (tertiary/aromatic N) is 2. The summed E-state index contributed by atoms with van der Waals surface area (Å²) in [5.74, 6) is -3.08. The Balaban J connectivity index is 1.92. The maximum absolute atomic E-state index is 12.9. The summed E-state index contributed by atoms with van der Waals surface area (Å²) in [4.78, 5) is 54.1. The first-order chi connectivity index (χ1) is 11.3. The number of carbonyl (C=O) groups is 4. The second kappa shape index (κ2) is 4.55. The Labute approximate surface area is 140 Å². The molecule has 0 spiro atoms. The summed E-state index contributed by atoms with van der Waals surface area (Å²) >= 11 is 0. The molecule has 0 aromatic carbocycles. The number of rotatable bonds is 2. The first-order valence-electron chi connectivity index (χ1n) is 8.69. The van der Waals surface area contributed by atoms with Crippen LogP contribution in [0, 0.1) is 35.0 Å². The highest BCUT2D eigenvalue weighted by Gasteiger charge is 2.73. The van der Waals surface area contributed by atoms with Crippen molar-refractivity contribution in [2.24, 2.45) is 35.0 Å². The summed E-state index contributed by atoms with van der Waals surface area (Å²) in [7, 11) is 0. The average Bonchev–Trinajstić information content (AvgIpc) is 2.93. The van der Waals surface area contributed by atoms with Crippen LogP contribution >= 0.6 is 0 Å². The van der Waals surface area contributed by atoms with Crippen LogP contribution in [-0.4, -0.2) is 46.5 Å². The molecule has 0 aromatic rings. The molecule has 4 unspecified atom stereocenters. The number of imide groups is 2. The molecule has 0 N–H and O–H groups in total. The summed E-state index contributed by atoms with van der Waals surface area (Å²) in [5, 5.41) is 0. The molecule has 24 heavy (non-hydrogen) atoms. The van der Waals surface area contributed by atoms with E-state index in [1.54, 1.807) is 13.8 Å². The molecule has 2 saturated heterocycles. The molecule has 6 heteroatoms. The Morgan fingerprint density at radius 1 is 0.833 bits per heavy atom. The fourth-order valence-corrected chi connectivity index (χ4v) is 5.91. The lowest BCUT2D eigenvalue weighted by Crippen LogP contribution is -2.57. The van der Waals surface area contributed by atoms with Gasteiger partial charge in [-0.3, -0.25) is 29.0 Å². The van der Waals surface area contributed by atoms with Crippen LogP contribution in [0.4, 0.5) is 0 Å². The average molecular weight is 330 g/mol. The van der Waals surface area contributed by atoms with Gasteiger partial charge in [0, 0.05) is 24.4 Å². The molecule has 4 atom stereocenters. The van der Waals surface area contributed by atoms with E-state index in [4.69, 9.17) is 0 Å².